The zero-order valence-electron chi connectivity index (χ0n) is 12.2. The van der Waals surface area contributed by atoms with Crippen LogP contribution in [0.2, 0.25) is 5.04 Å². The molecular formula is C14H21IN2OSi. The summed E-state index contributed by atoms with van der Waals surface area (Å²) in [7, 11) is -0.594. The van der Waals surface area contributed by atoms with E-state index in [1.807, 2.05) is 0 Å². The third-order valence-corrected chi connectivity index (χ3v) is 5.62. The lowest BCUT2D eigenvalue weighted by molar-refractivity contribution is 0.111. The first kappa shape index (κ1) is 15.0. The molecule has 0 aliphatic heterocycles. The van der Waals surface area contributed by atoms with Crippen LogP contribution in [-0.2, 0) is 10.0 Å². The lowest BCUT2D eigenvalue weighted by Crippen LogP contribution is -2.27. The van der Waals surface area contributed by atoms with E-state index in [-0.39, 0.29) is 5.60 Å². The van der Waals surface area contributed by atoms with E-state index < -0.39 is 9.76 Å². The van der Waals surface area contributed by atoms with Crippen LogP contribution in [-0.4, -0.2) is 20.0 Å². The summed E-state index contributed by atoms with van der Waals surface area (Å²) >= 11 is 2.26. The molecule has 104 valence electrons. The largest absolute Gasteiger partial charge is 0.414 e. The van der Waals surface area contributed by atoms with Gasteiger partial charge in [0.15, 0.2) is 9.76 Å². The molecule has 1 aromatic carbocycles. The predicted molar refractivity (Wildman–Crippen MR) is 91.2 cm³/mol. The van der Waals surface area contributed by atoms with Gasteiger partial charge < -0.3 is 4.43 Å². The fourth-order valence-corrected chi connectivity index (χ4v) is 3.51. The zero-order chi connectivity index (χ0) is 14.3. The number of H-pyrrole nitrogens is 1. The highest BCUT2D eigenvalue weighted by Crippen LogP contribution is 2.33. The van der Waals surface area contributed by atoms with Crippen LogP contribution in [0, 0.1) is 3.70 Å². The predicted octanol–water partition coefficient (Wildman–Crippen LogP) is 3.72. The van der Waals surface area contributed by atoms with Gasteiger partial charge in [-0.2, -0.15) is 5.10 Å². The number of nitrogens with zero attached hydrogens (tertiary/aromatic N) is 1. The fourth-order valence-electron chi connectivity index (χ4n) is 1.99. The molecule has 2 rings (SSSR count). The number of hydrogen-bond acceptors (Lipinski definition) is 2. The molecule has 0 radical (unpaired) electrons. The van der Waals surface area contributed by atoms with Crippen molar-refractivity contribution in [2.75, 3.05) is 0 Å². The van der Waals surface area contributed by atoms with Crippen molar-refractivity contribution in [3.63, 3.8) is 0 Å². The number of aromatic nitrogens is 2. The molecule has 1 heterocycles. The van der Waals surface area contributed by atoms with Gasteiger partial charge in [-0.1, -0.05) is 39.0 Å². The molecule has 0 unspecified atom stereocenters. The number of rotatable bonds is 3. The lowest BCUT2D eigenvalue weighted by Gasteiger charge is -2.30. The van der Waals surface area contributed by atoms with Crippen molar-refractivity contribution in [2.24, 2.45) is 0 Å². The maximum Gasteiger partial charge on any atom is 0.168 e. The summed E-state index contributed by atoms with van der Waals surface area (Å²) in [4.78, 5) is 0. The van der Waals surface area contributed by atoms with Crippen LogP contribution in [0.3, 0.4) is 0 Å². The molecule has 0 spiro atoms. The van der Waals surface area contributed by atoms with Crippen molar-refractivity contribution in [1.82, 2.24) is 10.2 Å². The van der Waals surface area contributed by atoms with E-state index >= 15 is 0 Å². The zero-order valence-corrected chi connectivity index (χ0v) is 15.7. The Balaban J connectivity index is 2.37. The highest BCUT2D eigenvalue weighted by molar-refractivity contribution is 14.1. The Bertz CT molecular complexity index is 587. The molecule has 0 amide bonds. The van der Waals surface area contributed by atoms with Gasteiger partial charge in [0, 0.05) is 10.9 Å². The van der Waals surface area contributed by atoms with Crippen LogP contribution in [0.4, 0.5) is 0 Å². The van der Waals surface area contributed by atoms with E-state index in [9.17, 15) is 0 Å². The Morgan fingerprint density at radius 1 is 1.21 bits per heavy atom. The number of halogens is 1. The summed E-state index contributed by atoms with van der Waals surface area (Å²) in [6, 6.07) is 6.31. The Morgan fingerprint density at radius 2 is 1.89 bits per heavy atom. The molecule has 1 aromatic heterocycles. The Morgan fingerprint density at radius 3 is 2.53 bits per heavy atom. The first-order valence-corrected chi connectivity index (χ1v) is 8.84. The van der Waals surface area contributed by atoms with E-state index in [0.717, 1.165) is 9.22 Å². The second kappa shape index (κ2) is 5.18. The minimum absolute atomic E-state index is 0.269. The highest BCUT2D eigenvalue weighted by atomic mass is 127. The molecule has 5 heteroatoms. The average Bonchev–Trinajstić information content (AvgIpc) is 2.68. The second-order valence-electron chi connectivity index (χ2n) is 6.60. The molecule has 0 atom stereocenters. The molecular weight excluding hydrogens is 367 g/mol. The van der Waals surface area contributed by atoms with Crippen molar-refractivity contribution in [3.05, 3.63) is 27.5 Å². The smallest absolute Gasteiger partial charge is 0.168 e. The van der Waals surface area contributed by atoms with E-state index in [2.05, 4.69) is 85.6 Å². The summed E-state index contributed by atoms with van der Waals surface area (Å²) in [5, 5.41) is 8.91. The van der Waals surface area contributed by atoms with E-state index in [1.54, 1.807) is 0 Å². The van der Waals surface area contributed by atoms with Crippen LogP contribution < -0.4 is 0 Å². The Hall–Kier alpha value is -0.403. The molecule has 0 bridgehead atoms. The van der Waals surface area contributed by atoms with Gasteiger partial charge in [0.2, 0.25) is 0 Å². The number of benzene rings is 1. The topological polar surface area (TPSA) is 37.9 Å². The molecule has 0 saturated carbocycles. The molecule has 0 aliphatic carbocycles. The van der Waals surface area contributed by atoms with Crippen molar-refractivity contribution in [2.45, 2.75) is 45.3 Å². The van der Waals surface area contributed by atoms with E-state index in [1.165, 1.54) is 10.9 Å². The van der Waals surface area contributed by atoms with Gasteiger partial charge in [0.1, 0.15) is 3.70 Å². The van der Waals surface area contributed by atoms with Gasteiger partial charge in [-0.15, -0.1) is 0 Å². The number of aromatic amines is 1. The second-order valence-corrected chi connectivity index (χ2v) is 10.3. The van der Waals surface area contributed by atoms with Crippen molar-refractivity contribution in [3.8, 4) is 0 Å². The minimum atomic E-state index is -0.594. The molecule has 0 saturated heterocycles. The summed E-state index contributed by atoms with van der Waals surface area (Å²) in [5.41, 5.74) is 2.02. The van der Waals surface area contributed by atoms with Gasteiger partial charge in [-0.05, 0) is 41.5 Å². The molecule has 0 aliphatic rings. The first-order valence-electron chi connectivity index (χ1n) is 6.48. The van der Waals surface area contributed by atoms with Gasteiger partial charge in [-0.3, -0.25) is 5.10 Å². The van der Waals surface area contributed by atoms with Gasteiger partial charge in [0.05, 0.1) is 11.1 Å². The quantitative estimate of drug-likeness (QED) is 0.643. The van der Waals surface area contributed by atoms with Gasteiger partial charge >= 0.3 is 0 Å². The van der Waals surface area contributed by atoms with Crippen molar-refractivity contribution in [1.29, 1.82) is 0 Å². The van der Waals surface area contributed by atoms with Crippen LogP contribution in [0.1, 0.15) is 40.2 Å². The van der Waals surface area contributed by atoms with E-state index in [4.69, 9.17) is 4.43 Å². The summed E-state index contributed by atoms with van der Waals surface area (Å²) in [6.07, 6.45) is 0. The first-order chi connectivity index (χ1) is 8.71. The summed E-state index contributed by atoms with van der Waals surface area (Å²) in [6.45, 7) is 11.0. The van der Waals surface area contributed by atoms with Crippen molar-refractivity contribution >= 4 is 43.3 Å². The van der Waals surface area contributed by atoms with Crippen LogP contribution in [0.25, 0.3) is 10.9 Å². The molecule has 2 aromatic rings. The van der Waals surface area contributed by atoms with Gasteiger partial charge in [0.25, 0.3) is 0 Å². The average molecular weight is 388 g/mol. The maximum absolute atomic E-state index is 6.29. The highest BCUT2D eigenvalue weighted by Gasteiger charge is 2.27. The number of hydrogen-bond donors (Lipinski definition) is 1. The lowest BCUT2D eigenvalue weighted by atomic mass is 9.96. The molecule has 3 nitrogen and oxygen atoms in total. The van der Waals surface area contributed by atoms with Gasteiger partial charge in [-0.25, -0.2) is 0 Å². The number of para-hydroxylation sites is 1. The maximum atomic E-state index is 6.29. The van der Waals surface area contributed by atoms with Crippen LogP contribution in [0.15, 0.2) is 18.2 Å². The van der Waals surface area contributed by atoms with Crippen LogP contribution >= 0.6 is 22.6 Å². The molecule has 0 fully saturated rings. The summed E-state index contributed by atoms with van der Waals surface area (Å²) < 4.78 is 7.30. The van der Waals surface area contributed by atoms with Crippen molar-refractivity contribution < 1.29 is 4.43 Å². The molecule has 19 heavy (non-hydrogen) atoms. The number of nitrogens with one attached hydrogen (secondary N) is 1. The number of fused-ring (bicyclic) bond motifs is 1. The third kappa shape index (κ3) is 3.38. The SMILES string of the molecule is CC(C)(C)[SiH2]OC(C)(C)c1cccc2c(I)n[nH]c12. The fraction of sp³-hybridized carbons (Fsp3) is 0.500. The monoisotopic (exact) mass is 388 g/mol. The van der Waals surface area contributed by atoms with Crippen LogP contribution in [0.5, 0.6) is 0 Å². The molecule has 1 N–H and O–H groups in total. The normalized spacial score (nSPS) is 13.8. The third-order valence-electron chi connectivity index (χ3n) is 3.07. The minimum Gasteiger partial charge on any atom is -0.414 e. The van der Waals surface area contributed by atoms with E-state index in [0.29, 0.717) is 5.04 Å². The Labute approximate surface area is 130 Å². The standard InChI is InChI=1S/C14H21IN2OSi/c1-13(2,3)19-18-14(4,5)10-8-6-7-9-11(10)16-17-12(9)15/h6-8H,19H2,1-5H3,(H,16,17). The summed E-state index contributed by atoms with van der Waals surface area (Å²) in [5.74, 6) is 0. The Kier molecular flexibility index (Phi) is 4.09.